The molecule has 7 nitrogen and oxygen atoms in total. The third-order valence-corrected chi connectivity index (χ3v) is 5.59. The summed E-state index contributed by atoms with van der Waals surface area (Å²) in [7, 11) is 0. The maximum atomic E-state index is 13.9. The second-order valence-electron chi connectivity index (χ2n) is 8.21. The SMILES string of the molecule is CC(C)[C@H](NC(=O)c1c(F)cccc1F)C(=O)NCC(=O)N1CCN(c2ccccc2)CC1. The molecule has 9 heteroatoms. The fourth-order valence-corrected chi connectivity index (χ4v) is 3.70. The molecular formula is C24H28F2N4O3. The van der Waals surface area contributed by atoms with E-state index in [4.69, 9.17) is 0 Å². The first kappa shape index (κ1) is 24.2. The molecule has 1 aliphatic rings. The van der Waals surface area contributed by atoms with Crippen LogP contribution in [0.1, 0.15) is 24.2 Å². The van der Waals surface area contributed by atoms with Gasteiger partial charge in [-0.3, -0.25) is 14.4 Å². The van der Waals surface area contributed by atoms with Crippen molar-refractivity contribution in [2.75, 3.05) is 37.6 Å². The molecule has 1 heterocycles. The van der Waals surface area contributed by atoms with Crippen LogP contribution in [0.15, 0.2) is 48.5 Å². The molecule has 176 valence electrons. The van der Waals surface area contributed by atoms with Gasteiger partial charge in [-0.05, 0) is 30.2 Å². The third-order valence-electron chi connectivity index (χ3n) is 5.59. The number of piperazine rings is 1. The highest BCUT2D eigenvalue weighted by atomic mass is 19.1. The van der Waals surface area contributed by atoms with E-state index in [1.165, 1.54) is 0 Å². The van der Waals surface area contributed by atoms with Gasteiger partial charge in [-0.2, -0.15) is 0 Å². The summed E-state index contributed by atoms with van der Waals surface area (Å²) >= 11 is 0. The zero-order valence-electron chi connectivity index (χ0n) is 18.7. The lowest BCUT2D eigenvalue weighted by Gasteiger charge is -2.36. The molecule has 2 aromatic carbocycles. The minimum Gasteiger partial charge on any atom is -0.368 e. The Morgan fingerprint density at radius 3 is 2.09 bits per heavy atom. The lowest BCUT2D eigenvalue weighted by atomic mass is 10.0. The number of nitrogens with zero attached hydrogens (tertiary/aromatic N) is 2. The Bertz CT molecular complexity index is 972. The summed E-state index contributed by atoms with van der Waals surface area (Å²) in [6, 6.07) is 12.0. The molecule has 1 atom stereocenters. The van der Waals surface area contributed by atoms with E-state index < -0.39 is 35.1 Å². The van der Waals surface area contributed by atoms with Crippen LogP contribution >= 0.6 is 0 Å². The molecule has 2 N–H and O–H groups in total. The molecule has 33 heavy (non-hydrogen) atoms. The first-order valence-corrected chi connectivity index (χ1v) is 10.9. The van der Waals surface area contributed by atoms with E-state index in [1.54, 1.807) is 18.7 Å². The smallest absolute Gasteiger partial charge is 0.257 e. The van der Waals surface area contributed by atoms with Crippen molar-refractivity contribution < 1.29 is 23.2 Å². The fraction of sp³-hybridized carbons (Fsp3) is 0.375. The number of anilines is 1. The highest BCUT2D eigenvalue weighted by Gasteiger charge is 2.28. The van der Waals surface area contributed by atoms with Crippen LogP contribution in [-0.4, -0.2) is 61.4 Å². The number of amides is 3. The van der Waals surface area contributed by atoms with Crippen LogP contribution in [0.4, 0.5) is 14.5 Å². The number of carbonyl (C=O) groups is 3. The monoisotopic (exact) mass is 458 g/mol. The Morgan fingerprint density at radius 2 is 1.52 bits per heavy atom. The van der Waals surface area contributed by atoms with E-state index in [2.05, 4.69) is 15.5 Å². The van der Waals surface area contributed by atoms with Crippen LogP contribution in [0.2, 0.25) is 0 Å². The first-order chi connectivity index (χ1) is 15.8. The molecule has 2 aromatic rings. The normalized spacial score (nSPS) is 14.7. The number of rotatable bonds is 7. The Kier molecular flexibility index (Phi) is 7.97. The predicted octanol–water partition coefficient (Wildman–Crippen LogP) is 2.18. The van der Waals surface area contributed by atoms with Crippen LogP contribution in [0, 0.1) is 17.6 Å². The second-order valence-corrected chi connectivity index (χ2v) is 8.21. The van der Waals surface area contributed by atoms with Gasteiger partial charge in [0.15, 0.2) is 0 Å². The van der Waals surface area contributed by atoms with Crippen molar-refractivity contribution in [2.45, 2.75) is 19.9 Å². The molecule has 0 unspecified atom stereocenters. The maximum absolute atomic E-state index is 13.9. The van der Waals surface area contributed by atoms with E-state index >= 15 is 0 Å². The highest BCUT2D eigenvalue weighted by Crippen LogP contribution is 2.16. The topological polar surface area (TPSA) is 81.8 Å². The second kappa shape index (κ2) is 10.9. The van der Waals surface area contributed by atoms with Crippen molar-refractivity contribution in [1.29, 1.82) is 0 Å². The lowest BCUT2D eigenvalue weighted by Crippen LogP contribution is -2.54. The van der Waals surface area contributed by atoms with Crippen molar-refractivity contribution >= 4 is 23.4 Å². The van der Waals surface area contributed by atoms with Gasteiger partial charge in [0.25, 0.3) is 5.91 Å². The third kappa shape index (κ3) is 6.06. The van der Waals surface area contributed by atoms with Gasteiger partial charge in [0.2, 0.25) is 11.8 Å². The average molecular weight is 459 g/mol. The van der Waals surface area contributed by atoms with Crippen molar-refractivity contribution in [3.63, 3.8) is 0 Å². The zero-order valence-corrected chi connectivity index (χ0v) is 18.7. The van der Waals surface area contributed by atoms with E-state index in [9.17, 15) is 23.2 Å². The zero-order chi connectivity index (χ0) is 24.0. The predicted molar refractivity (Wildman–Crippen MR) is 121 cm³/mol. The Labute approximate surface area is 191 Å². The number of halogens is 2. The summed E-state index contributed by atoms with van der Waals surface area (Å²) in [4.78, 5) is 41.5. The van der Waals surface area contributed by atoms with Gasteiger partial charge in [-0.1, -0.05) is 38.1 Å². The van der Waals surface area contributed by atoms with Crippen LogP contribution in [0.25, 0.3) is 0 Å². The van der Waals surface area contributed by atoms with Gasteiger partial charge in [-0.25, -0.2) is 8.78 Å². The first-order valence-electron chi connectivity index (χ1n) is 10.9. The van der Waals surface area contributed by atoms with Crippen LogP contribution in [0.3, 0.4) is 0 Å². The average Bonchev–Trinajstić information content (AvgIpc) is 2.81. The van der Waals surface area contributed by atoms with Gasteiger partial charge >= 0.3 is 0 Å². The minimum absolute atomic E-state index is 0.225. The molecule has 1 saturated heterocycles. The quantitative estimate of drug-likeness (QED) is 0.667. The van der Waals surface area contributed by atoms with E-state index in [0.29, 0.717) is 26.2 Å². The Morgan fingerprint density at radius 1 is 0.909 bits per heavy atom. The van der Waals surface area contributed by atoms with Crippen molar-refractivity contribution in [3.8, 4) is 0 Å². The molecule has 0 aromatic heterocycles. The summed E-state index contributed by atoms with van der Waals surface area (Å²) in [6.45, 7) is 5.57. The molecular weight excluding hydrogens is 430 g/mol. The van der Waals surface area contributed by atoms with Crippen molar-refractivity contribution in [1.82, 2.24) is 15.5 Å². The molecule has 1 aliphatic heterocycles. The summed E-state index contributed by atoms with van der Waals surface area (Å²) in [5.74, 6) is -4.24. The van der Waals surface area contributed by atoms with E-state index in [1.807, 2.05) is 30.3 Å². The highest BCUT2D eigenvalue weighted by molar-refractivity contribution is 5.98. The van der Waals surface area contributed by atoms with Gasteiger partial charge in [-0.15, -0.1) is 0 Å². The number of carbonyl (C=O) groups excluding carboxylic acids is 3. The van der Waals surface area contributed by atoms with E-state index in [0.717, 1.165) is 23.9 Å². The fourth-order valence-electron chi connectivity index (χ4n) is 3.70. The van der Waals surface area contributed by atoms with E-state index in [-0.39, 0.29) is 18.4 Å². The summed E-state index contributed by atoms with van der Waals surface area (Å²) in [5, 5.41) is 4.92. The number of para-hydroxylation sites is 1. The molecule has 0 spiro atoms. The summed E-state index contributed by atoms with van der Waals surface area (Å²) < 4.78 is 27.8. The number of hydrogen-bond acceptors (Lipinski definition) is 4. The molecule has 0 bridgehead atoms. The summed E-state index contributed by atoms with van der Waals surface area (Å²) in [6.07, 6.45) is 0. The number of benzene rings is 2. The van der Waals surface area contributed by atoms with Crippen LogP contribution < -0.4 is 15.5 Å². The Balaban J connectivity index is 1.52. The standard InChI is InChI=1S/C24H28F2N4O3/c1-16(2)22(28-23(32)21-18(25)9-6-10-19(21)26)24(33)27-15-20(31)30-13-11-29(12-14-30)17-7-4-3-5-8-17/h3-10,16,22H,11-15H2,1-2H3,(H,27,33)(H,28,32)/t22-/m0/s1. The largest absolute Gasteiger partial charge is 0.368 e. The molecule has 0 aliphatic carbocycles. The molecule has 0 radical (unpaired) electrons. The Hall–Kier alpha value is -3.49. The lowest BCUT2D eigenvalue weighted by molar-refractivity contribution is -0.133. The molecule has 3 amide bonds. The maximum Gasteiger partial charge on any atom is 0.257 e. The molecule has 3 rings (SSSR count). The molecule has 1 fully saturated rings. The number of nitrogens with one attached hydrogen (secondary N) is 2. The van der Waals surface area contributed by atoms with Gasteiger partial charge in [0.1, 0.15) is 23.2 Å². The van der Waals surface area contributed by atoms with Gasteiger partial charge in [0.05, 0.1) is 6.54 Å². The number of hydrogen-bond donors (Lipinski definition) is 2. The van der Waals surface area contributed by atoms with Crippen molar-refractivity contribution in [2.24, 2.45) is 5.92 Å². The van der Waals surface area contributed by atoms with Crippen LogP contribution in [0.5, 0.6) is 0 Å². The van der Waals surface area contributed by atoms with Gasteiger partial charge < -0.3 is 20.4 Å². The van der Waals surface area contributed by atoms with Gasteiger partial charge in [0, 0.05) is 31.9 Å². The summed E-state index contributed by atoms with van der Waals surface area (Å²) in [5.41, 5.74) is 0.350. The van der Waals surface area contributed by atoms with Crippen LogP contribution in [-0.2, 0) is 9.59 Å². The minimum atomic E-state index is -1.06. The molecule has 0 saturated carbocycles. The van der Waals surface area contributed by atoms with Crippen molar-refractivity contribution in [3.05, 3.63) is 65.7 Å².